The SMILES string of the molecule is CN(Cc1ccccc1)c1cnnc(Nc2cccc(F)c2)n1. The van der Waals surface area contributed by atoms with Crippen molar-refractivity contribution in [1.82, 2.24) is 15.2 Å². The van der Waals surface area contributed by atoms with E-state index in [0.29, 0.717) is 24.0 Å². The van der Waals surface area contributed by atoms with Crippen molar-refractivity contribution in [3.8, 4) is 0 Å². The van der Waals surface area contributed by atoms with E-state index in [-0.39, 0.29) is 5.82 Å². The molecule has 1 aromatic heterocycles. The van der Waals surface area contributed by atoms with Gasteiger partial charge in [0, 0.05) is 19.3 Å². The zero-order valence-electron chi connectivity index (χ0n) is 12.6. The standard InChI is InChI=1S/C17H16FN5/c1-23(12-13-6-3-2-4-7-13)16-11-19-22-17(21-16)20-15-9-5-8-14(18)10-15/h2-11H,12H2,1H3,(H,20,21,22). The molecule has 116 valence electrons. The van der Waals surface area contributed by atoms with Crippen LogP contribution in [0.4, 0.5) is 21.8 Å². The van der Waals surface area contributed by atoms with Gasteiger partial charge in [0.05, 0.1) is 6.20 Å². The van der Waals surface area contributed by atoms with Gasteiger partial charge in [-0.1, -0.05) is 36.4 Å². The van der Waals surface area contributed by atoms with E-state index in [1.54, 1.807) is 18.3 Å². The Labute approximate surface area is 133 Å². The third kappa shape index (κ3) is 4.00. The first kappa shape index (κ1) is 14.9. The Morgan fingerprint density at radius 3 is 2.70 bits per heavy atom. The van der Waals surface area contributed by atoms with Crippen LogP contribution in [-0.2, 0) is 6.54 Å². The summed E-state index contributed by atoms with van der Waals surface area (Å²) in [6, 6.07) is 16.2. The molecule has 0 aliphatic carbocycles. The van der Waals surface area contributed by atoms with Gasteiger partial charge in [0.2, 0.25) is 5.95 Å². The normalized spacial score (nSPS) is 10.3. The molecule has 2 aromatic carbocycles. The maximum atomic E-state index is 13.2. The number of hydrogen-bond donors (Lipinski definition) is 1. The van der Waals surface area contributed by atoms with E-state index in [1.807, 2.05) is 30.1 Å². The first-order valence-electron chi connectivity index (χ1n) is 7.18. The minimum absolute atomic E-state index is 0.319. The summed E-state index contributed by atoms with van der Waals surface area (Å²) in [7, 11) is 1.93. The molecule has 0 aliphatic rings. The van der Waals surface area contributed by atoms with Crippen LogP contribution >= 0.6 is 0 Å². The fraction of sp³-hybridized carbons (Fsp3) is 0.118. The molecule has 0 unspecified atom stereocenters. The van der Waals surface area contributed by atoms with Crippen molar-refractivity contribution in [2.75, 3.05) is 17.3 Å². The molecule has 1 N–H and O–H groups in total. The van der Waals surface area contributed by atoms with Crippen molar-refractivity contribution in [3.63, 3.8) is 0 Å². The number of halogens is 1. The second-order valence-corrected chi connectivity index (χ2v) is 5.12. The molecule has 6 heteroatoms. The van der Waals surface area contributed by atoms with E-state index in [1.165, 1.54) is 17.7 Å². The number of aromatic nitrogens is 3. The lowest BCUT2D eigenvalue weighted by Crippen LogP contribution is -2.18. The smallest absolute Gasteiger partial charge is 0.249 e. The van der Waals surface area contributed by atoms with Gasteiger partial charge in [0.15, 0.2) is 5.82 Å². The van der Waals surface area contributed by atoms with Crippen LogP contribution in [-0.4, -0.2) is 22.2 Å². The van der Waals surface area contributed by atoms with Gasteiger partial charge < -0.3 is 10.2 Å². The molecule has 0 bridgehead atoms. The third-order valence-electron chi connectivity index (χ3n) is 3.28. The van der Waals surface area contributed by atoms with Gasteiger partial charge >= 0.3 is 0 Å². The summed E-state index contributed by atoms with van der Waals surface area (Å²) in [4.78, 5) is 6.39. The molecular weight excluding hydrogens is 293 g/mol. The Morgan fingerprint density at radius 1 is 1.09 bits per heavy atom. The first-order valence-corrected chi connectivity index (χ1v) is 7.18. The topological polar surface area (TPSA) is 53.9 Å². The Balaban J connectivity index is 1.74. The third-order valence-corrected chi connectivity index (χ3v) is 3.28. The second-order valence-electron chi connectivity index (χ2n) is 5.12. The highest BCUT2D eigenvalue weighted by molar-refractivity contribution is 5.54. The van der Waals surface area contributed by atoms with Crippen molar-refractivity contribution in [2.24, 2.45) is 0 Å². The molecule has 0 amide bonds. The van der Waals surface area contributed by atoms with E-state index in [0.717, 1.165) is 0 Å². The lowest BCUT2D eigenvalue weighted by Gasteiger charge is -2.18. The number of benzene rings is 2. The van der Waals surface area contributed by atoms with Crippen LogP contribution in [0, 0.1) is 5.82 Å². The molecule has 0 fully saturated rings. The van der Waals surface area contributed by atoms with Crippen LogP contribution in [0.1, 0.15) is 5.56 Å². The molecule has 5 nitrogen and oxygen atoms in total. The second kappa shape index (κ2) is 6.83. The minimum Gasteiger partial charge on any atom is -0.354 e. The van der Waals surface area contributed by atoms with Crippen LogP contribution < -0.4 is 10.2 Å². The lowest BCUT2D eigenvalue weighted by molar-refractivity contribution is 0.628. The summed E-state index contributed by atoms with van der Waals surface area (Å²) in [6.45, 7) is 0.707. The van der Waals surface area contributed by atoms with Gasteiger partial charge in [-0.3, -0.25) is 0 Å². The molecule has 0 atom stereocenters. The quantitative estimate of drug-likeness (QED) is 0.783. The Bertz CT molecular complexity index is 779. The highest BCUT2D eigenvalue weighted by Crippen LogP contribution is 2.16. The summed E-state index contributed by atoms with van der Waals surface area (Å²) in [5.41, 5.74) is 1.75. The molecule has 1 heterocycles. The number of rotatable bonds is 5. The maximum Gasteiger partial charge on any atom is 0.249 e. The van der Waals surface area contributed by atoms with Crippen LogP contribution in [0.15, 0.2) is 60.8 Å². The van der Waals surface area contributed by atoms with E-state index >= 15 is 0 Å². The predicted octanol–water partition coefficient (Wildman–Crippen LogP) is 3.39. The average molecular weight is 309 g/mol. The summed E-state index contributed by atoms with van der Waals surface area (Å²) in [5, 5.41) is 10.8. The van der Waals surface area contributed by atoms with E-state index in [4.69, 9.17) is 0 Å². The van der Waals surface area contributed by atoms with Gasteiger partial charge in [0.1, 0.15) is 5.82 Å². The lowest BCUT2D eigenvalue weighted by atomic mass is 10.2. The highest BCUT2D eigenvalue weighted by atomic mass is 19.1. The highest BCUT2D eigenvalue weighted by Gasteiger charge is 2.07. The van der Waals surface area contributed by atoms with Crippen molar-refractivity contribution in [3.05, 3.63) is 72.2 Å². The van der Waals surface area contributed by atoms with E-state index < -0.39 is 0 Å². The Morgan fingerprint density at radius 2 is 1.91 bits per heavy atom. The monoisotopic (exact) mass is 309 g/mol. The number of nitrogens with one attached hydrogen (secondary N) is 1. The number of hydrogen-bond acceptors (Lipinski definition) is 5. The van der Waals surface area contributed by atoms with Crippen LogP contribution in [0.3, 0.4) is 0 Å². The summed E-state index contributed by atoms with van der Waals surface area (Å²) in [5.74, 6) is 0.691. The molecule has 0 spiro atoms. The fourth-order valence-electron chi connectivity index (χ4n) is 2.17. The van der Waals surface area contributed by atoms with Crippen LogP contribution in [0.5, 0.6) is 0 Å². The van der Waals surface area contributed by atoms with Gasteiger partial charge in [-0.15, -0.1) is 5.10 Å². The first-order chi connectivity index (χ1) is 11.2. The molecule has 0 saturated carbocycles. The number of anilines is 3. The predicted molar refractivity (Wildman–Crippen MR) is 88.1 cm³/mol. The molecule has 0 saturated heterocycles. The van der Waals surface area contributed by atoms with Gasteiger partial charge in [0.25, 0.3) is 0 Å². The zero-order chi connectivity index (χ0) is 16.1. The molecule has 23 heavy (non-hydrogen) atoms. The van der Waals surface area contributed by atoms with E-state index in [9.17, 15) is 4.39 Å². The molecule has 0 aliphatic heterocycles. The van der Waals surface area contributed by atoms with Crippen molar-refractivity contribution in [2.45, 2.75) is 6.54 Å². The summed E-state index contributed by atoms with van der Waals surface area (Å²) < 4.78 is 13.2. The Hall–Kier alpha value is -3.02. The van der Waals surface area contributed by atoms with Crippen molar-refractivity contribution in [1.29, 1.82) is 0 Å². The van der Waals surface area contributed by atoms with Crippen molar-refractivity contribution < 1.29 is 4.39 Å². The van der Waals surface area contributed by atoms with Gasteiger partial charge in [-0.2, -0.15) is 10.1 Å². The largest absolute Gasteiger partial charge is 0.354 e. The van der Waals surface area contributed by atoms with E-state index in [2.05, 4.69) is 32.6 Å². The fourth-order valence-corrected chi connectivity index (χ4v) is 2.17. The van der Waals surface area contributed by atoms with Crippen molar-refractivity contribution >= 4 is 17.5 Å². The molecule has 3 rings (SSSR count). The minimum atomic E-state index is -0.319. The average Bonchev–Trinajstić information content (AvgIpc) is 2.56. The molecular formula is C17H16FN5. The van der Waals surface area contributed by atoms with Crippen LogP contribution in [0.2, 0.25) is 0 Å². The summed E-state index contributed by atoms with van der Waals surface area (Å²) in [6.07, 6.45) is 1.60. The maximum absolute atomic E-state index is 13.2. The molecule has 0 radical (unpaired) electrons. The molecule has 3 aromatic rings. The van der Waals surface area contributed by atoms with Crippen LogP contribution in [0.25, 0.3) is 0 Å². The zero-order valence-corrected chi connectivity index (χ0v) is 12.6. The number of nitrogens with zero attached hydrogens (tertiary/aromatic N) is 4. The Kier molecular flexibility index (Phi) is 4.42. The van der Waals surface area contributed by atoms with Gasteiger partial charge in [-0.25, -0.2) is 4.39 Å². The van der Waals surface area contributed by atoms with Gasteiger partial charge in [-0.05, 0) is 23.8 Å². The summed E-state index contributed by atoms with van der Waals surface area (Å²) >= 11 is 0.